The van der Waals surface area contributed by atoms with Crippen LogP contribution in [-0.2, 0) is 6.61 Å². The molecular weight excluding hydrogens is 222 g/mol. The zero-order chi connectivity index (χ0) is 12.1. The van der Waals surface area contributed by atoms with Crippen LogP contribution in [0.4, 0.5) is 5.69 Å². The SMILES string of the molecule is CCN(CC(C)C)c1c(Cl)cccc1CO. The Morgan fingerprint density at radius 2 is 2.06 bits per heavy atom. The molecule has 1 N–H and O–H groups in total. The Balaban J connectivity index is 3.07. The summed E-state index contributed by atoms with van der Waals surface area (Å²) < 4.78 is 0. The second-order valence-electron chi connectivity index (χ2n) is 4.34. The van der Waals surface area contributed by atoms with E-state index in [1.165, 1.54) is 0 Å². The van der Waals surface area contributed by atoms with Crippen molar-refractivity contribution in [2.24, 2.45) is 5.92 Å². The van der Waals surface area contributed by atoms with Crippen molar-refractivity contribution in [3.8, 4) is 0 Å². The summed E-state index contributed by atoms with van der Waals surface area (Å²) in [7, 11) is 0. The second-order valence-corrected chi connectivity index (χ2v) is 4.75. The topological polar surface area (TPSA) is 23.5 Å². The second kappa shape index (κ2) is 6.12. The maximum atomic E-state index is 9.34. The third-order valence-electron chi connectivity index (χ3n) is 2.52. The third-order valence-corrected chi connectivity index (χ3v) is 2.83. The Bertz CT molecular complexity index is 339. The Labute approximate surface area is 103 Å². The number of aliphatic hydroxyl groups is 1. The molecule has 1 aromatic carbocycles. The van der Waals surface area contributed by atoms with Gasteiger partial charge in [-0.05, 0) is 18.9 Å². The lowest BCUT2D eigenvalue weighted by Crippen LogP contribution is -2.28. The number of anilines is 1. The van der Waals surface area contributed by atoms with Gasteiger partial charge < -0.3 is 10.0 Å². The summed E-state index contributed by atoms with van der Waals surface area (Å²) in [5.41, 5.74) is 1.87. The first kappa shape index (κ1) is 13.3. The van der Waals surface area contributed by atoms with Crippen molar-refractivity contribution >= 4 is 17.3 Å². The van der Waals surface area contributed by atoms with Crippen molar-refractivity contribution < 1.29 is 5.11 Å². The van der Waals surface area contributed by atoms with E-state index in [0.29, 0.717) is 10.9 Å². The van der Waals surface area contributed by atoms with Gasteiger partial charge >= 0.3 is 0 Å². The van der Waals surface area contributed by atoms with Gasteiger partial charge in [-0.3, -0.25) is 0 Å². The predicted molar refractivity (Wildman–Crippen MR) is 70.1 cm³/mol. The molecule has 0 saturated carbocycles. The Hall–Kier alpha value is -0.730. The molecule has 1 aromatic rings. The van der Waals surface area contributed by atoms with E-state index in [1.807, 2.05) is 18.2 Å². The van der Waals surface area contributed by atoms with Crippen molar-refractivity contribution in [1.29, 1.82) is 0 Å². The molecule has 0 amide bonds. The van der Waals surface area contributed by atoms with E-state index in [9.17, 15) is 5.11 Å². The van der Waals surface area contributed by atoms with Gasteiger partial charge in [-0.25, -0.2) is 0 Å². The Morgan fingerprint density at radius 1 is 1.38 bits per heavy atom. The summed E-state index contributed by atoms with van der Waals surface area (Å²) in [6, 6.07) is 5.67. The van der Waals surface area contributed by atoms with Crippen LogP contribution in [0.2, 0.25) is 5.02 Å². The number of halogens is 1. The number of aliphatic hydroxyl groups excluding tert-OH is 1. The number of rotatable bonds is 5. The van der Waals surface area contributed by atoms with E-state index in [2.05, 4.69) is 25.7 Å². The van der Waals surface area contributed by atoms with Crippen molar-refractivity contribution in [3.05, 3.63) is 28.8 Å². The average Bonchev–Trinajstić information content (AvgIpc) is 2.25. The highest BCUT2D eigenvalue weighted by Crippen LogP contribution is 2.30. The van der Waals surface area contributed by atoms with Crippen molar-refractivity contribution in [2.45, 2.75) is 27.4 Å². The largest absolute Gasteiger partial charge is 0.392 e. The first-order chi connectivity index (χ1) is 7.60. The zero-order valence-electron chi connectivity index (χ0n) is 10.2. The highest BCUT2D eigenvalue weighted by molar-refractivity contribution is 6.33. The number of hydrogen-bond acceptors (Lipinski definition) is 2. The van der Waals surface area contributed by atoms with Gasteiger partial charge in [0, 0.05) is 18.7 Å². The van der Waals surface area contributed by atoms with Crippen LogP contribution in [0.1, 0.15) is 26.3 Å². The molecule has 0 bridgehead atoms. The van der Waals surface area contributed by atoms with Crippen LogP contribution in [0.15, 0.2) is 18.2 Å². The molecule has 0 aliphatic rings. The maximum absolute atomic E-state index is 9.34. The standard InChI is InChI=1S/C13H20ClNO/c1-4-15(8-10(2)3)13-11(9-16)6-5-7-12(13)14/h5-7,10,16H,4,8-9H2,1-3H3. The summed E-state index contributed by atoms with van der Waals surface area (Å²) >= 11 is 6.21. The van der Waals surface area contributed by atoms with Gasteiger partial charge in [-0.1, -0.05) is 37.6 Å². The van der Waals surface area contributed by atoms with Gasteiger partial charge in [0.25, 0.3) is 0 Å². The monoisotopic (exact) mass is 241 g/mol. The molecular formula is C13H20ClNO. The fraction of sp³-hybridized carbons (Fsp3) is 0.538. The minimum atomic E-state index is 0.0322. The lowest BCUT2D eigenvalue weighted by molar-refractivity contribution is 0.282. The highest BCUT2D eigenvalue weighted by Gasteiger charge is 2.14. The van der Waals surface area contributed by atoms with E-state index < -0.39 is 0 Å². The lowest BCUT2D eigenvalue weighted by Gasteiger charge is -2.28. The molecule has 0 heterocycles. The Kier molecular flexibility index (Phi) is 5.10. The molecule has 0 atom stereocenters. The summed E-state index contributed by atoms with van der Waals surface area (Å²) in [6.45, 7) is 8.34. The highest BCUT2D eigenvalue weighted by atomic mass is 35.5. The molecule has 0 fully saturated rings. The molecule has 3 heteroatoms. The fourth-order valence-electron chi connectivity index (χ4n) is 1.86. The molecule has 0 saturated heterocycles. The van der Waals surface area contributed by atoms with Gasteiger partial charge in [0.05, 0.1) is 17.3 Å². The predicted octanol–water partition coefficient (Wildman–Crippen LogP) is 3.31. The molecule has 2 nitrogen and oxygen atoms in total. The number of hydrogen-bond donors (Lipinski definition) is 1. The van der Waals surface area contributed by atoms with E-state index in [0.717, 1.165) is 24.3 Å². The van der Waals surface area contributed by atoms with Gasteiger partial charge in [0.2, 0.25) is 0 Å². The van der Waals surface area contributed by atoms with Crippen LogP contribution in [0.5, 0.6) is 0 Å². The summed E-state index contributed by atoms with van der Waals surface area (Å²) in [6.07, 6.45) is 0. The van der Waals surface area contributed by atoms with Crippen LogP contribution in [0.3, 0.4) is 0 Å². The van der Waals surface area contributed by atoms with Crippen LogP contribution in [0.25, 0.3) is 0 Å². The molecule has 0 aliphatic carbocycles. The maximum Gasteiger partial charge on any atom is 0.0702 e. The lowest BCUT2D eigenvalue weighted by atomic mass is 10.1. The molecule has 0 spiro atoms. The summed E-state index contributed by atoms with van der Waals surface area (Å²) in [5.74, 6) is 0.572. The molecule has 16 heavy (non-hydrogen) atoms. The van der Waals surface area contributed by atoms with Crippen LogP contribution in [-0.4, -0.2) is 18.2 Å². The molecule has 1 rings (SSSR count). The number of para-hydroxylation sites is 1. The average molecular weight is 242 g/mol. The number of nitrogens with zero attached hydrogens (tertiary/aromatic N) is 1. The molecule has 0 unspecified atom stereocenters. The van der Waals surface area contributed by atoms with Crippen molar-refractivity contribution in [1.82, 2.24) is 0 Å². The number of benzene rings is 1. The first-order valence-corrected chi connectivity index (χ1v) is 6.11. The van der Waals surface area contributed by atoms with E-state index in [1.54, 1.807) is 0 Å². The molecule has 0 aliphatic heterocycles. The summed E-state index contributed by atoms with van der Waals surface area (Å²) in [5, 5.41) is 10.1. The van der Waals surface area contributed by atoms with Crippen LogP contribution >= 0.6 is 11.6 Å². The molecule has 0 aromatic heterocycles. The van der Waals surface area contributed by atoms with Crippen molar-refractivity contribution in [3.63, 3.8) is 0 Å². The van der Waals surface area contributed by atoms with E-state index >= 15 is 0 Å². The Morgan fingerprint density at radius 3 is 2.56 bits per heavy atom. The van der Waals surface area contributed by atoms with E-state index in [4.69, 9.17) is 11.6 Å². The zero-order valence-corrected chi connectivity index (χ0v) is 11.0. The quantitative estimate of drug-likeness (QED) is 0.855. The van der Waals surface area contributed by atoms with Gasteiger partial charge in [0.1, 0.15) is 0 Å². The van der Waals surface area contributed by atoms with Gasteiger partial charge in [-0.2, -0.15) is 0 Å². The molecule has 0 radical (unpaired) electrons. The minimum Gasteiger partial charge on any atom is -0.392 e. The van der Waals surface area contributed by atoms with Gasteiger partial charge in [-0.15, -0.1) is 0 Å². The van der Waals surface area contributed by atoms with Gasteiger partial charge in [0.15, 0.2) is 0 Å². The van der Waals surface area contributed by atoms with Crippen molar-refractivity contribution in [2.75, 3.05) is 18.0 Å². The van der Waals surface area contributed by atoms with Crippen LogP contribution in [0, 0.1) is 5.92 Å². The normalized spacial score (nSPS) is 10.9. The first-order valence-electron chi connectivity index (χ1n) is 5.73. The van der Waals surface area contributed by atoms with E-state index in [-0.39, 0.29) is 6.61 Å². The summed E-state index contributed by atoms with van der Waals surface area (Å²) in [4.78, 5) is 2.22. The van der Waals surface area contributed by atoms with Crippen LogP contribution < -0.4 is 4.90 Å². The minimum absolute atomic E-state index is 0.0322. The smallest absolute Gasteiger partial charge is 0.0702 e. The fourth-order valence-corrected chi connectivity index (χ4v) is 2.17. The third kappa shape index (κ3) is 3.13. The molecule has 90 valence electrons.